The zero-order valence-corrected chi connectivity index (χ0v) is 14.1. The van der Waals surface area contributed by atoms with Crippen LogP contribution >= 0.6 is 11.3 Å². The molecule has 0 radical (unpaired) electrons. The van der Waals surface area contributed by atoms with E-state index in [2.05, 4.69) is 15.3 Å². The molecule has 0 saturated carbocycles. The first-order valence-corrected chi connectivity index (χ1v) is 8.34. The highest BCUT2D eigenvalue weighted by Gasteiger charge is 2.09. The van der Waals surface area contributed by atoms with E-state index in [0.717, 1.165) is 22.6 Å². The first-order chi connectivity index (χ1) is 11.8. The fourth-order valence-corrected chi connectivity index (χ4v) is 2.94. The van der Waals surface area contributed by atoms with Crippen molar-refractivity contribution in [3.8, 4) is 17.0 Å². The van der Waals surface area contributed by atoms with Crippen LogP contribution in [-0.4, -0.2) is 18.1 Å². The Hall–Kier alpha value is -2.86. The number of methoxy groups -OCH3 is 1. The number of nitrogens with one attached hydrogen (secondary N) is 1. The summed E-state index contributed by atoms with van der Waals surface area (Å²) in [6.45, 7) is 0.532. The molecule has 0 aliphatic carbocycles. The summed E-state index contributed by atoms with van der Waals surface area (Å²) in [5.74, 6) is 1.14. The lowest BCUT2D eigenvalue weighted by Crippen LogP contribution is -2.22. The van der Waals surface area contributed by atoms with Gasteiger partial charge in [-0.1, -0.05) is 42.5 Å². The Labute approximate surface area is 144 Å². The molecule has 122 valence electrons. The summed E-state index contributed by atoms with van der Waals surface area (Å²) in [4.78, 5) is 8.88. The van der Waals surface area contributed by atoms with Gasteiger partial charge in [-0.3, -0.25) is 0 Å². The predicted molar refractivity (Wildman–Crippen MR) is 99.5 cm³/mol. The predicted octanol–water partition coefficient (Wildman–Crippen LogP) is 3.75. The minimum absolute atomic E-state index is 0.347. The van der Waals surface area contributed by atoms with E-state index in [0.29, 0.717) is 17.6 Å². The number of rotatable bonds is 5. The van der Waals surface area contributed by atoms with E-state index in [1.807, 2.05) is 60.0 Å². The van der Waals surface area contributed by atoms with Gasteiger partial charge in [0.2, 0.25) is 0 Å². The molecule has 3 aromatic rings. The van der Waals surface area contributed by atoms with E-state index in [1.54, 1.807) is 7.11 Å². The Kier molecular flexibility index (Phi) is 5.08. The number of hydrogen-bond acceptors (Lipinski definition) is 4. The lowest BCUT2D eigenvalue weighted by atomic mass is 10.1. The normalized spacial score (nSPS) is 11.3. The van der Waals surface area contributed by atoms with Crippen LogP contribution in [-0.2, 0) is 6.54 Å². The van der Waals surface area contributed by atoms with Crippen molar-refractivity contribution in [2.24, 2.45) is 10.7 Å². The maximum absolute atomic E-state index is 5.94. The molecular weight excluding hydrogens is 320 g/mol. The van der Waals surface area contributed by atoms with Gasteiger partial charge in [0.05, 0.1) is 19.3 Å². The molecule has 5 nitrogen and oxygen atoms in total. The van der Waals surface area contributed by atoms with E-state index in [9.17, 15) is 0 Å². The van der Waals surface area contributed by atoms with Crippen molar-refractivity contribution < 1.29 is 4.74 Å². The lowest BCUT2D eigenvalue weighted by Gasteiger charge is -2.05. The molecule has 0 amide bonds. The van der Waals surface area contributed by atoms with Crippen molar-refractivity contribution in [1.29, 1.82) is 0 Å². The molecule has 0 bridgehead atoms. The highest BCUT2D eigenvalue weighted by Crippen LogP contribution is 2.31. The molecule has 24 heavy (non-hydrogen) atoms. The molecule has 0 unspecified atom stereocenters. The maximum Gasteiger partial charge on any atom is 0.195 e. The third kappa shape index (κ3) is 3.91. The van der Waals surface area contributed by atoms with E-state index < -0.39 is 0 Å². The quantitative estimate of drug-likeness (QED) is 0.549. The van der Waals surface area contributed by atoms with Gasteiger partial charge >= 0.3 is 0 Å². The Morgan fingerprint density at radius 3 is 2.71 bits per heavy atom. The SMILES string of the molecule is COc1ccccc1-c1csc(NC(N)=NCc2ccccc2)n1. The first-order valence-electron chi connectivity index (χ1n) is 7.46. The lowest BCUT2D eigenvalue weighted by molar-refractivity contribution is 0.416. The summed E-state index contributed by atoms with van der Waals surface area (Å²) in [6, 6.07) is 17.7. The van der Waals surface area contributed by atoms with Gasteiger partial charge in [-0.05, 0) is 17.7 Å². The van der Waals surface area contributed by atoms with Crippen LogP contribution < -0.4 is 15.8 Å². The Morgan fingerprint density at radius 2 is 1.92 bits per heavy atom. The zero-order valence-electron chi connectivity index (χ0n) is 13.3. The minimum Gasteiger partial charge on any atom is -0.496 e. The molecule has 6 heteroatoms. The molecule has 0 aliphatic heterocycles. The second kappa shape index (κ2) is 7.61. The van der Waals surface area contributed by atoms with Crippen LogP contribution in [0.2, 0.25) is 0 Å². The van der Waals surface area contributed by atoms with Gasteiger partial charge in [-0.2, -0.15) is 0 Å². The second-order valence-electron chi connectivity index (χ2n) is 5.05. The van der Waals surface area contributed by atoms with Crippen molar-refractivity contribution in [3.63, 3.8) is 0 Å². The molecule has 1 heterocycles. The van der Waals surface area contributed by atoms with Crippen molar-refractivity contribution in [1.82, 2.24) is 4.98 Å². The van der Waals surface area contributed by atoms with Crippen LogP contribution in [0, 0.1) is 0 Å². The summed E-state index contributed by atoms with van der Waals surface area (Å²) in [5, 5.41) is 5.70. The molecular formula is C18H18N4OS. The number of nitrogens with two attached hydrogens (primary N) is 1. The van der Waals surface area contributed by atoms with Gasteiger partial charge < -0.3 is 15.8 Å². The third-order valence-corrected chi connectivity index (χ3v) is 4.15. The molecule has 0 atom stereocenters. The summed E-state index contributed by atoms with van der Waals surface area (Å²) in [6.07, 6.45) is 0. The van der Waals surface area contributed by atoms with Crippen molar-refractivity contribution >= 4 is 22.4 Å². The largest absolute Gasteiger partial charge is 0.496 e. The average Bonchev–Trinajstić information content (AvgIpc) is 3.09. The van der Waals surface area contributed by atoms with E-state index in [1.165, 1.54) is 11.3 Å². The number of para-hydroxylation sites is 1. The molecule has 3 N–H and O–H groups in total. The topological polar surface area (TPSA) is 72.5 Å². The van der Waals surface area contributed by atoms with Crippen LogP contribution in [0.5, 0.6) is 5.75 Å². The van der Waals surface area contributed by atoms with E-state index in [-0.39, 0.29) is 0 Å². The summed E-state index contributed by atoms with van der Waals surface area (Å²) in [7, 11) is 1.65. The number of nitrogens with zero attached hydrogens (tertiary/aromatic N) is 2. The zero-order chi connectivity index (χ0) is 16.8. The van der Waals surface area contributed by atoms with Gasteiger partial charge in [-0.15, -0.1) is 11.3 Å². The molecule has 0 fully saturated rings. The highest BCUT2D eigenvalue weighted by atomic mass is 32.1. The van der Waals surface area contributed by atoms with Crippen LogP contribution in [0.1, 0.15) is 5.56 Å². The van der Waals surface area contributed by atoms with Crippen LogP contribution in [0.25, 0.3) is 11.3 Å². The first kappa shape index (κ1) is 16.0. The Morgan fingerprint density at radius 1 is 1.17 bits per heavy atom. The van der Waals surface area contributed by atoms with Crippen LogP contribution in [0.15, 0.2) is 65.0 Å². The van der Waals surface area contributed by atoms with E-state index >= 15 is 0 Å². The molecule has 0 spiro atoms. The Bertz CT molecular complexity index is 830. The summed E-state index contributed by atoms with van der Waals surface area (Å²) in [5.41, 5.74) is 8.84. The fourth-order valence-electron chi connectivity index (χ4n) is 2.22. The van der Waals surface area contributed by atoms with Crippen molar-refractivity contribution in [3.05, 3.63) is 65.5 Å². The second-order valence-corrected chi connectivity index (χ2v) is 5.91. The summed E-state index contributed by atoms with van der Waals surface area (Å²) < 4.78 is 5.37. The number of thiazole rings is 1. The summed E-state index contributed by atoms with van der Waals surface area (Å²) >= 11 is 1.47. The Balaban J connectivity index is 1.69. The number of ether oxygens (including phenoxy) is 1. The standard InChI is InChI=1S/C18H18N4OS/c1-23-16-10-6-5-9-14(16)15-12-24-18(21-15)22-17(19)20-11-13-7-3-2-4-8-13/h2-10,12H,11H2,1H3,(H3,19,20,21,22). The number of guanidine groups is 1. The molecule has 1 aromatic heterocycles. The number of hydrogen-bond donors (Lipinski definition) is 2. The monoisotopic (exact) mass is 338 g/mol. The highest BCUT2D eigenvalue weighted by molar-refractivity contribution is 7.14. The molecule has 3 rings (SSSR count). The van der Waals surface area contributed by atoms with Gasteiger partial charge in [0.1, 0.15) is 5.75 Å². The van der Waals surface area contributed by atoms with Crippen molar-refractivity contribution in [2.45, 2.75) is 6.54 Å². The number of aliphatic imine (C=N–C) groups is 1. The average molecular weight is 338 g/mol. The van der Waals surface area contributed by atoms with Gasteiger partial charge in [0.25, 0.3) is 0 Å². The van der Waals surface area contributed by atoms with Gasteiger partial charge in [0.15, 0.2) is 11.1 Å². The minimum atomic E-state index is 0.347. The van der Waals surface area contributed by atoms with Gasteiger partial charge in [-0.25, -0.2) is 9.98 Å². The fraction of sp³-hybridized carbons (Fsp3) is 0.111. The number of benzene rings is 2. The van der Waals surface area contributed by atoms with Crippen LogP contribution in [0.3, 0.4) is 0 Å². The molecule has 2 aromatic carbocycles. The van der Waals surface area contributed by atoms with Crippen molar-refractivity contribution in [2.75, 3.05) is 12.4 Å². The van der Waals surface area contributed by atoms with Gasteiger partial charge in [0, 0.05) is 10.9 Å². The van der Waals surface area contributed by atoms with E-state index in [4.69, 9.17) is 10.5 Å². The third-order valence-electron chi connectivity index (χ3n) is 3.40. The maximum atomic E-state index is 5.94. The molecule has 0 aliphatic rings. The number of anilines is 1. The van der Waals surface area contributed by atoms with Crippen LogP contribution in [0.4, 0.5) is 5.13 Å². The smallest absolute Gasteiger partial charge is 0.195 e. The number of aromatic nitrogens is 1. The molecule has 0 saturated heterocycles.